The number of fused-ring (bicyclic) bond motifs is 1. The Morgan fingerprint density at radius 2 is 2.00 bits per heavy atom. The maximum atomic E-state index is 5.32. The monoisotopic (exact) mass is 291 g/mol. The normalized spacial score (nSPS) is 10.9. The van der Waals surface area contributed by atoms with Crippen molar-refractivity contribution in [2.24, 2.45) is 0 Å². The van der Waals surface area contributed by atoms with Gasteiger partial charge in [0.1, 0.15) is 23.6 Å². The summed E-state index contributed by atoms with van der Waals surface area (Å²) in [6.45, 7) is 0.576. The Morgan fingerprint density at radius 1 is 1.09 bits per heavy atom. The second-order valence-corrected chi connectivity index (χ2v) is 4.82. The van der Waals surface area contributed by atoms with Crippen LogP contribution in [0.2, 0.25) is 0 Å². The maximum Gasteiger partial charge on any atom is 0.188 e. The summed E-state index contributed by atoms with van der Waals surface area (Å²) in [7, 11) is 0. The van der Waals surface area contributed by atoms with Gasteiger partial charge in [-0.2, -0.15) is 0 Å². The first-order valence-corrected chi connectivity index (χ1v) is 6.92. The van der Waals surface area contributed by atoms with E-state index in [0.29, 0.717) is 6.54 Å². The van der Waals surface area contributed by atoms with Crippen LogP contribution in [-0.4, -0.2) is 19.6 Å². The highest BCUT2D eigenvalue weighted by Gasteiger charge is 2.11. The van der Waals surface area contributed by atoms with E-state index >= 15 is 0 Å². The summed E-state index contributed by atoms with van der Waals surface area (Å²) in [4.78, 5) is 4.53. The number of aromatic nitrogens is 4. The van der Waals surface area contributed by atoms with Crippen molar-refractivity contribution in [3.63, 3.8) is 0 Å². The second-order valence-electron chi connectivity index (χ2n) is 4.82. The van der Waals surface area contributed by atoms with Gasteiger partial charge in [-0.15, -0.1) is 10.2 Å². The van der Waals surface area contributed by atoms with Crippen LogP contribution in [0.5, 0.6) is 0 Å². The highest BCUT2D eigenvalue weighted by atomic mass is 16.3. The fourth-order valence-electron chi connectivity index (χ4n) is 2.34. The summed E-state index contributed by atoms with van der Waals surface area (Å²) in [5, 5.41) is 11.5. The van der Waals surface area contributed by atoms with Crippen LogP contribution >= 0.6 is 0 Å². The lowest BCUT2D eigenvalue weighted by Gasteiger charge is -2.09. The van der Waals surface area contributed by atoms with E-state index < -0.39 is 0 Å². The van der Waals surface area contributed by atoms with E-state index in [1.165, 1.54) is 0 Å². The largest absolute Gasteiger partial charge is 0.467 e. The van der Waals surface area contributed by atoms with Crippen LogP contribution in [0.4, 0.5) is 5.82 Å². The molecule has 0 spiro atoms. The molecule has 0 aliphatic carbocycles. The molecule has 3 heterocycles. The standard InChI is InChI=1S/C16H13N5O/c1-2-5-12(6-3-1)15-16-20-19-11-21(16)14(10-18-15)17-9-13-7-4-8-22-13/h1-8,10-11,17H,9H2. The molecular formula is C16H13N5O. The molecule has 0 fully saturated rings. The molecule has 0 saturated heterocycles. The maximum absolute atomic E-state index is 5.32. The quantitative estimate of drug-likeness (QED) is 0.626. The predicted molar refractivity (Wildman–Crippen MR) is 82.3 cm³/mol. The average Bonchev–Trinajstić information content (AvgIpc) is 3.25. The smallest absolute Gasteiger partial charge is 0.188 e. The predicted octanol–water partition coefficient (Wildman–Crippen LogP) is 3.00. The van der Waals surface area contributed by atoms with Crippen LogP contribution in [0.1, 0.15) is 5.76 Å². The molecule has 0 radical (unpaired) electrons. The molecule has 0 aliphatic heterocycles. The van der Waals surface area contributed by atoms with Crippen molar-refractivity contribution in [2.45, 2.75) is 6.54 Å². The third kappa shape index (κ3) is 2.20. The first kappa shape index (κ1) is 12.6. The van der Waals surface area contributed by atoms with Gasteiger partial charge in [0.05, 0.1) is 19.0 Å². The van der Waals surface area contributed by atoms with Gasteiger partial charge in [0.25, 0.3) is 0 Å². The summed E-state index contributed by atoms with van der Waals surface area (Å²) in [5.41, 5.74) is 2.54. The highest BCUT2D eigenvalue weighted by molar-refractivity contribution is 5.74. The van der Waals surface area contributed by atoms with Crippen molar-refractivity contribution in [3.8, 4) is 11.3 Å². The fraction of sp³-hybridized carbons (Fsp3) is 0.0625. The Balaban J connectivity index is 1.72. The molecule has 0 atom stereocenters. The van der Waals surface area contributed by atoms with Crippen LogP contribution in [-0.2, 0) is 6.54 Å². The van der Waals surface area contributed by atoms with Crippen molar-refractivity contribution < 1.29 is 4.42 Å². The van der Waals surface area contributed by atoms with Crippen molar-refractivity contribution in [2.75, 3.05) is 5.32 Å². The number of benzene rings is 1. The highest BCUT2D eigenvalue weighted by Crippen LogP contribution is 2.23. The zero-order chi connectivity index (χ0) is 14.8. The molecule has 0 saturated carbocycles. The van der Waals surface area contributed by atoms with Gasteiger partial charge in [0.15, 0.2) is 5.65 Å². The Bertz CT molecular complexity index is 883. The summed E-state index contributed by atoms with van der Waals surface area (Å²) < 4.78 is 7.21. The number of hydrogen-bond acceptors (Lipinski definition) is 5. The van der Waals surface area contributed by atoms with Gasteiger partial charge in [0, 0.05) is 5.56 Å². The van der Waals surface area contributed by atoms with Gasteiger partial charge in [-0.1, -0.05) is 30.3 Å². The van der Waals surface area contributed by atoms with Gasteiger partial charge in [-0.3, -0.25) is 4.40 Å². The lowest BCUT2D eigenvalue weighted by molar-refractivity contribution is 0.517. The Morgan fingerprint density at radius 3 is 2.82 bits per heavy atom. The van der Waals surface area contributed by atoms with E-state index in [-0.39, 0.29) is 0 Å². The van der Waals surface area contributed by atoms with Gasteiger partial charge in [-0.05, 0) is 12.1 Å². The number of anilines is 1. The van der Waals surface area contributed by atoms with E-state index in [0.717, 1.165) is 28.5 Å². The van der Waals surface area contributed by atoms with Crippen LogP contribution in [0, 0.1) is 0 Å². The minimum atomic E-state index is 0.576. The Kier molecular flexibility index (Phi) is 3.05. The topological polar surface area (TPSA) is 68.2 Å². The van der Waals surface area contributed by atoms with E-state index in [1.807, 2.05) is 46.9 Å². The van der Waals surface area contributed by atoms with Crippen LogP contribution in [0.15, 0.2) is 65.7 Å². The first-order valence-electron chi connectivity index (χ1n) is 6.92. The molecule has 4 rings (SSSR count). The first-order chi connectivity index (χ1) is 10.9. The molecule has 6 heteroatoms. The van der Waals surface area contributed by atoms with Gasteiger partial charge in [-0.25, -0.2) is 4.98 Å². The van der Waals surface area contributed by atoms with Crippen LogP contribution in [0.25, 0.3) is 16.9 Å². The second kappa shape index (κ2) is 5.33. The molecule has 108 valence electrons. The van der Waals surface area contributed by atoms with Crippen LogP contribution in [0.3, 0.4) is 0 Å². The van der Waals surface area contributed by atoms with Crippen molar-refractivity contribution >= 4 is 11.5 Å². The number of rotatable bonds is 4. The Labute approximate surface area is 126 Å². The lowest BCUT2D eigenvalue weighted by Crippen LogP contribution is -2.05. The SMILES string of the molecule is c1ccc(-c2ncc(NCc3ccco3)n3cnnc23)cc1. The van der Waals surface area contributed by atoms with E-state index in [9.17, 15) is 0 Å². The molecule has 0 unspecified atom stereocenters. The fourth-order valence-corrected chi connectivity index (χ4v) is 2.34. The summed E-state index contributed by atoms with van der Waals surface area (Å²) in [6.07, 6.45) is 5.11. The van der Waals surface area contributed by atoms with Crippen molar-refractivity contribution in [1.82, 2.24) is 19.6 Å². The van der Waals surface area contributed by atoms with E-state index in [4.69, 9.17) is 4.42 Å². The zero-order valence-electron chi connectivity index (χ0n) is 11.7. The lowest BCUT2D eigenvalue weighted by atomic mass is 10.1. The molecular weight excluding hydrogens is 278 g/mol. The minimum Gasteiger partial charge on any atom is -0.467 e. The zero-order valence-corrected chi connectivity index (χ0v) is 11.7. The molecule has 0 amide bonds. The molecule has 22 heavy (non-hydrogen) atoms. The number of furan rings is 1. The number of nitrogens with zero attached hydrogens (tertiary/aromatic N) is 4. The van der Waals surface area contributed by atoms with Gasteiger partial charge in [0.2, 0.25) is 0 Å². The average molecular weight is 291 g/mol. The van der Waals surface area contributed by atoms with Crippen LogP contribution < -0.4 is 5.32 Å². The van der Waals surface area contributed by atoms with E-state index in [2.05, 4.69) is 20.5 Å². The van der Waals surface area contributed by atoms with Gasteiger partial charge >= 0.3 is 0 Å². The summed E-state index contributed by atoms with van der Waals surface area (Å²) in [5.74, 6) is 1.67. The Hall–Kier alpha value is -3.15. The van der Waals surface area contributed by atoms with Crippen molar-refractivity contribution in [1.29, 1.82) is 0 Å². The molecule has 0 aliphatic rings. The van der Waals surface area contributed by atoms with Crippen molar-refractivity contribution in [3.05, 3.63) is 67.0 Å². The molecule has 3 aromatic heterocycles. The van der Waals surface area contributed by atoms with E-state index in [1.54, 1.807) is 18.8 Å². The minimum absolute atomic E-state index is 0.576. The third-order valence-corrected chi connectivity index (χ3v) is 3.41. The molecule has 1 aromatic carbocycles. The number of nitrogens with one attached hydrogen (secondary N) is 1. The summed E-state index contributed by atoms with van der Waals surface area (Å²) in [6, 6.07) is 13.7. The molecule has 6 nitrogen and oxygen atoms in total. The number of hydrogen-bond donors (Lipinski definition) is 1. The molecule has 4 aromatic rings. The molecule has 1 N–H and O–H groups in total. The third-order valence-electron chi connectivity index (χ3n) is 3.41. The molecule has 0 bridgehead atoms. The van der Waals surface area contributed by atoms with Gasteiger partial charge < -0.3 is 9.73 Å². The summed E-state index contributed by atoms with van der Waals surface area (Å²) >= 11 is 0.